The van der Waals surface area contributed by atoms with Crippen LogP contribution in [0.2, 0.25) is 0 Å². The molecule has 1 heterocycles. The second-order valence-electron chi connectivity index (χ2n) is 12.0. The molecule has 0 aliphatic rings. The third-order valence-electron chi connectivity index (χ3n) is 8.30. The molecule has 2 amide bonds. The maximum atomic E-state index is 14.3. The summed E-state index contributed by atoms with van der Waals surface area (Å²) in [4.78, 5) is 114. The Bertz CT molecular complexity index is 2350. The minimum absolute atomic E-state index is 0.0616. The lowest BCUT2D eigenvalue weighted by Gasteiger charge is -2.27. The van der Waals surface area contributed by atoms with E-state index in [0.717, 1.165) is 30.8 Å². The molecule has 320 valence electrons. The van der Waals surface area contributed by atoms with Gasteiger partial charge < -0.3 is 57.4 Å². The first-order chi connectivity index (χ1) is 28.8. The lowest BCUT2D eigenvalue weighted by molar-refractivity contribution is -0.179. The normalized spacial score (nSPS) is 10.6. The standard InChI is InChI=1S/C38H39N3O19/c1-51-29-22(11-6-14-25(29)56-36(48)52-2)33(45)40(21-28(42)43)19-9-17-39(32(44)23-12-8-16-27(60-55-5)31(23)59-38(50)54-4)18-10-20-41-34(46)24-13-7-15-26(57-37(49)53-3)30(24)58-35(41)47/h6-8,11-16H,9-10,17-21H2,1-5H3,(H,42,43). The van der Waals surface area contributed by atoms with Crippen molar-refractivity contribution < 1.29 is 81.2 Å². The number of methoxy groups -OCH3 is 4. The van der Waals surface area contributed by atoms with Crippen LogP contribution in [0, 0.1) is 0 Å². The minimum atomic E-state index is -1.37. The number of carbonyl (C=O) groups is 6. The number of carboxylic acid groups (broad SMARTS) is 1. The second kappa shape index (κ2) is 21.2. The summed E-state index contributed by atoms with van der Waals surface area (Å²) in [6, 6.07) is 12.1. The zero-order chi connectivity index (χ0) is 43.9. The number of para-hydroxylation sites is 3. The number of ether oxygens (including phenoxy) is 7. The number of carbonyl (C=O) groups excluding carboxylic acids is 5. The zero-order valence-corrected chi connectivity index (χ0v) is 32.8. The molecule has 22 heteroatoms. The van der Waals surface area contributed by atoms with Gasteiger partial charge in [-0.05, 0) is 49.2 Å². The van der Waals surface area contributed by atoms with E-state index in [0.29, 0.717) is 0 Å². The maximum Gasteiger partial charge on any atom is 0.513 e. The maximum absolute atomic E-state index is 14.3. The highest BCUT2D eigenvalue weighted by Gasteiger charge is 2.28. The number of amides is 2. The number of hydrogen-bond acceptors (Lipinski definition) is 18. The van der Waals surface area contributed by atoms with Crippen LogP contribution in [0.3, 0.4) is 0 Å². The molecule has 22 nitrogen and oxygen atoms in total. The number of carboxylic acids is 1. The fourth-order valence-electron chi connectivity index (χ4n) is 5.68. The van der Waals surface area contributed by atoms with Crippen molar-refractivity contribution in [2.45, 2.75) is 19.4 Å². The number of fused-ring (bicyclic) bond motifs is 1. The summed E-state index contributed by atoms with van der Waals surface area (Å²) in [6.45, 7) is -1.72. The smallest absolute Gasteiger partial charge is 0.492 e. The van der Waals surface area contributed by atoms with Crippen molar-refractivity contribution in [2.75, 3.05) is 61.7 Å². The highest BCUT2D eigenvalue weighted by atomic mass is 17.2. The van der Waals surface area contributed by atoms with Crippen LogP contribution in [0.25, 0.3) is 11.0 Å². The van der Waals surface area contributed by atoms with Gasteiger partial charge in [-0.1, -0.05) is 18.2 Å². The minimum Gasteiger partial charge on any atom is -0.492 e. The molecule has 0 saturated carbocycles. The molecule has 0 saturated heterocycles. The number of aliphatic carboxylic acids is 1. The van der Waals surface area contributed by atoms with Gasteiger partial charge in [0.1, 0.15) is 6.54 Å². The van der Waals surface area contributed by atoms with Crippen molar-refractivity contribution in [3.63, 3.8) is 0 Å². The molecule has 0 aliphatic carbocycles. The molecule has 1 aromatic heterocycles. The van der Waals surface area contributed by atoms with Crippen LogP contribution in [0.5, 0.6) is 28.7 Å². The van der Waals surface area contributed by atoms with E-state index in [-0.39, 0.29) is 89.9 Å². The zero-order valence-electron chi connectivity index (χ0n) is 32.8. The third kappa shape index (κ3) is 11.1. The Morgan fingerprint density at radius 3 is 1.80 bits per heavy atom. The first kappa shape index (κ1) is 45.1. The average molecular weight is 842 g/mol. The van der Waals surface area contributed by atoms with Crippen LogP contribution in [-0.2, 0) is 30.4 Å². The molecule has 0 radical (unpaired) electrons. The first-order valence-electron chi connectivity index (χ1n) is 17.5. The van der Waals surface area contributed by atoms with E-state index in [9.17, 15) is 43.5 Å². The average Bonchev–Trinajstić information content (AvgIpc) is 3.23. The lowest BCUT2D eigenvalue weighted by atomic mass is 10.1. The van der Waals surface area contributed by atoms with Gasteiger partial charge in [0.2, 0.25) is 5.75 Å². The van der Waals surface area contributed by atoms with Crippen LogP contribution < -0.4 is 35.2 Å². The predicted molar refractivity (Wildman–Crippen MR) is 202 cm³/mol. The van der Waals surface area contributed by atoms with Crippen LogP contribution >= 0.6 is 0 Å². The summed E-state index contributed by atoms with van der Waals surface area (Å²) in [5.41, 5.74) is -1.48. The van der Waals surface area contributed by atoms with E-state index < -0.39 is 54.1 Å². The lowest BCUT2D eigenvalue weighted by Crippen LogP contribution is -2.40. The molecular weight excluding hydrogens is 802 g/mol. The Balaban J connectivity index is 1.67. The van der Waals surface area contributed by atoms with Gasteiger partial charge in [-0.25, -0.2) is 23.7 Å². The summed E-state index contributed by atoms with van der Waals surface area (Å²) in [6.07, 6.45) is -3.55. The SMILES string of the molecule is COOc1cccc(C(=O)N(CCCN(CC(=O)O)C(=O)c2cccc(OC(=O)OC)c2OC)CCCn2c(=O)oc3c(OC(=O)OC)cccc3c2=O)c1OC(=O)OC. The largest absolute Gasteiger partial charge is 0.513 e. The van der Waals surface area contributed by atoms with Gasteiger partial charge in [0.05, 0.1) is 52.1 Å². The Morgan fingerprint density at radius 2 is 1.18 bits per heavy atom. The molecule has 4 aromatic rings. The molecule has 0 bridgehead atoms. The van der Waals surface area contributed by atoms with Crippen LogP contribution in [0.4, 0.5) is 14.4 Å². The van der Waals surface area contributed by atoms with Gasteiger partial charge in [0.25, 0.3) is 17.4 Å². The number of nitrogens with zero attached hydrogens (tertiary/aromatic N) is 3. The van der Waals surface area contributed by atoms with E-state index in [1.54, 1.807) is 0 Å². The molecule has 0 atom stereocenters. The summed E-state index contributed by atoms with van der Waals surface area (Å²) >= 11 is 0. The molecule has 0 fully saturated rings. The fraction of sp³-hybridized carbons (Fsp3) is 0.316. The van der Waals surface area contributed by atoms with E-state index in [2.05, 4.69) is 14.2 Å². The first-order valence-corrected chi connectivity index (χ1v) is 17.5. The topological polar surface area (TPSA) is 264 Å². The Labute approximate surface area is 339 Å². The Hall–Kier alpha value is -7.62. The molecule has 0 spiro atoms. The quantitative estimate of drug-likeness (QED) is 0.0494. The van der Waals surface area contributed by atoms with Gasteiger partial charge in [0.15, 0.2) is 28.6 Å². The van der Waals surface area contributed by atoms with Crippen molar-refractivity contribution in [3.05, 3.63) is 86.6 Å². The van der Waals surface area contributed by atoms with Gasteiger partial charge in [-0.15, -0.1) is 0 Å². The fourth-order valence-corrected chi connectivity index (χ4v) is 5.68. The summed E-state index contributed by atoms with van der Waals surface area (Å²) in [5.74, 6) is -5.26. The molecule has 3 aromatic carbocycles. The number of hydrogen-bond donors (Lipinski definition) is 1. The van der Waals surface area contributed by atoms with Gasteiger partial charge in [-0.2, -0.15) is 4.89 Å². The highest BCUT2D eigenvalue weighted by Crippen LogP contribution is 2.34. The Kier molecular flexibility index (Phi) is 16.0. The van der Waals surface area contributed by atoms with Crippen molar-refractivity contribution in [2.24, 2.45) is 0 Å². The van der Waals surface area contributed by atoms with E-state index >= 15 is 0 Å². The van der Waals surface area contributed by atoms with Crippen molar-refractivity contribution in [3.8, 4) is 28.7 Å². The van der Waals surface area contributed by atoms with E-state index in [4.69, 9.17) is 33.1 Å². The monoisotopic (exact) mass is 841 g/mol. The predicted octanol–water partition coefficient (Wildman–Crippen LogP) is 3.49. The van der Waals surface area contributed by atoms with Crippen molar-refractivity contribution in [1.29, 1.82) is 0 Å². The van der Waals surface area contributed by atoms with Crippen LogP contribution in [0.1, 0.15) is 33.6 Å². The molecule has 60 heavy (non-hydrogen) atoms. The van der Waals surface area contributed by atoms with Crippen LogP contribution in [-0.4, -0.2) is 117 Å². The number of rotatable bonds is 18. The van der Waals surface area contributed by atoms with Gasteiger partial charge in [0, 0.05) is 26.2 Å². The van der Waals surface area contributed by atoms with Crippen molar-refractivity contribution >= 4 is 47.2 Å². The summed E-state index contributed by atoms with van der Waals surface area (Å²) in [7, 11) is 5.55. The number of benzene rings is 3. The molecule has 4 rings (SSSR count). The summed E-state index contributed by atoms with van der Waals surface area (Å²) < 4.78 is 40.3. The van der Waals surface area contributed by atoms with E-state index in [1.165, 1.54) is 73.7 Å². The van der Waals surface area contributed by atoms with Gasteiger partial charge >= 0.3 is 30.2 Å². The molecule has 0 aliphatic heterocycles. The second-order valence-corrected chi connectivity index (χ2v) is 12.0. The third-order valence-corrected chi connectivity index (χ3v) is 8.30. The van der Waals surface area contributed by atoms with Gasteiger partial charge in [-0.3, -0.25) is 19.2 Å². The Morgan fingerprint density at radius 1 is 0.650 bits per heavy atom. The molecular formula is C38H39N3O19. The van der Waals surface area contributed by atoms with E-state index in [1.807, 2.05) is 0 Å². The van der Waals surface area contributed by atoms with Crippen LogP contribution in [0.15, 0.2) is 68.6 Å². The number of aromatic nitrogens is 1. The highest BCUT2D eigenvalue weighted by molar-refractivity contribution is 6.00. The summed E-state index contributed by atoms with van der Waals surface area (Å²) in [5, 5.41) is 9.61. The molecule has 1 N–H and O–H groups in total. The van der Waals surface area contributed by atoms with Crippen molar-refractivity contribution in [1.82, 2.24) is 14.4 Å². The molecule has 0 unspecified atom stereocenters.